The van der Waals surface area contributed by atoms with Crippen molar-refractivity contribution in [2.45, 2.75) is 63.9 Å². The highest BCUT2D eigenvalue weighted by molar-refractivity contribution is 7.13. The molecule has 0 aromatic carbocycles. The van der Waals surface area contributed by atoms with Crippen molar-refractivity contribution in [3.63, 3.8) is 0 Å². The van der Waals surface area contributed by atoms with E-state index in [0.29, 0.717) is 24.0 Å². The Hall–Kier alpha value is -1.47. The van der Waals surface area contributed by atoms with Crippen LogP contribution in [-0.2, 0) is 9.59 Å². The number of hydrogen-bond donors (Lipinski definition) is 3. The van der Waals surface area contributed by atoms with Crippen LogP contribution in [0, 0.1) is 16.7 Å². The van der Waals surface area contributed by atoms with E-state index in [2.05, 4.69) is 22.5 Å². The number of hydrogen-bond acceptors (Lipinski definition) is 5. The molecule has 26 heavy (non-hydrogen) atoms. The average Bonchev–Trinajstić information content (AvgIpc) is 3.05. The predicted molar refractivity (Wildman–Crippen MR) is 99.7 cm³/mol. The van der Waals surface area contributed by atoms with Crippen LogP contribution < -0.4 is 10.6 Å². The van der Waals surface area contributed by atoms with Crippen LogP contribution in [0.5, 0.6) is 0 Å². The zero-order valence-electron chi connectivity index (χ0n) is 15.2. The molecule has 0 radical (unpaired) electrons. The summed E-state index contributed by atoms with van der Waals surface area (Å²) in [7, 11) is 0. The Labute approximate surface area is 157 Å². The molecule has 4 bridgehead atoms. The summed E-state index contributed by atoms with van der Waals surface area (Å²) in [6.45, 7) is 2.51. The van der Waals surface area contributed by atoms with Gasteiger partial charge in [-0.1, -0.05) is 13.3 Å². The number of anilines is 1. The van der Waals surface area contributed by atoms with Gasteiger partial charge in [0.15, 0.2) is 5.13 Å². The van der Waals surface area contributed by atoms with Crippen molar-refractivity contribution in [2.75, 3.05) is 11.9 Å². The number of thiazole rings is 1. The standard InChI is InChI=1S/C19H27N3O3S/c1-2-17-7-13-8-18(10-17,12-19(25,9-13)11-17)15(24)20-4-3-14(23)22-16-21-5-6-26-16/h5-6,13,25H,2-4,7-12H2,1H3,(H,20,24)(H,21,22,23)/t13-,17+,18+,19-/m1/s1. The van der Waals surface area contributed by atoms with E-state index < -0.39 is 11.0 Å². The van der Waals surface area contributed by atoms with Crippen LogP contribution >= 0.6 is 11.3 Å². The minimum atomic E-state index is -0.672. The van der Waals surface area contributed by atoms with Gasteiger partial charge in [0.05, 0.1) is 11.0 Å². The lowest BCUT2D eigenvalue weighted by atomic mass is 9.42. The fourth-order valence-electron chi connectivity index (χ4n) is 6.18. The van der Waals surface area contributed by atoms with Gasteiger partial charge in [-0.05, 0) is 49.9 Å². The van der Waals surface area contributed by atoms with Crippen LogP contribution in [0.15, 0.2) is 11.6 Å². The Morgan fingerprint density at radius 1 is 1.31 bits per heavy atom. The Morgan fingerprint density at radius 3 is 2.85 bits per heavy atom. The number of aliphatic hydroxyl groups is 1. The first-order valence-corrected chi connectivity index (χ1v) is 10.4. The first-order chi connectivity index (χ1) is 12.4. The molecule has 0 aliphatic heterocycles. The number of amides is 2. The van der Waals surface area contributed by atoms with Crippen LogP contribution in [0.1, 0.15) is 58.3 Å². The molecule has 4 aliphatic carbocycles. The molecule has 1 heterocycles. The molecule has 2 amide bonds. The molecule has 5 rings (SSSR count). The summed E-state index contributed by atoms with van der Waals surface area (Å²) in [5.41, 5.74) is -1.00. The highest BCUT2D eigenvalue weighted by atomic mass is 32.1. The monoisotopic (exact) mass is 377 g/mol. The quantitative estimate of drug-likeness (QED) is 0.711. The normalized spacial score (nSPS) is 37.5. The van der Waals surface area contributed by atoms with E-state index in [1.165, 1.54) is 11.3 Å². The van der Waals surface area contributed by atoms with Crippen LogP contribution in [0.2, 0.25) is 0 Å². The first-order valence-electron chi connectivity index (χ1n) is 9.56. The van der Waals surface area contributed by atoms with Crippen molar-refractivity contribution in [3.8, 4) is 0 Å². The second-order valence-electron chi connectivity index (χ2n) is 8.76. The Balaban J connectivity index is 1.36. The van der Waals surface area contributed by atoms with Crippen LogP contribution in [0.3, 0.4) is 0 Å². The van der Waals surface area contributed by atoms with E-state index >= 15 is 0 Å². The van der Waals surface area contributed by atoms with Crippen molar-refractivity contribution in [1.82, 2.24) is 10.3 Å². The number of carbonyl (C=O) groups is 2. The van der Waals surface area contributed by atoms with Crippen LogP contribution in [0.25, 0.3) is 0 Å². The largest absolute Gasteiger partial charge is 0.390 e. The molecule has 6 nitrogen and oxygen atoms in total. The molecule has 4 fully saturated rings. The fourth-order valence-corrected chi connectivity index (χ4v) is 6.72. The summed E-state index contributed by atoms with van der Waals surface area (Å²) in [6, 6.07) is 0. The number of rotatable bonds is 6. The number of aromatic nitrogens is 1. The van der Waals surface area contributed by atoms with Gasteiger partial charge in [-0.25, -0.2) is 4.98 Å². The van der Waals surface area contributed by atoms with Gasteiger partial charge < -0.3 is 15.7 Å². The summed E-state index contributed by atoms with van der Waals surface area (Å²) >= 11 is 1.37. The van der Waals surface area contributed by atoms with E-state index in [9.17, 15) is 14.7 Å². The van der Waals surface area contributed by atoms with Crippen molar-refractivity contribution >= 4 is 28.3 Å². The third-order valence-electron chi connectivity index (χ3n) is 6.70. The maximum atomic E-state index is 13.0. The first kappa shape index (κ1) is 17.9. The summed E-state index contributed by atoms with van der Waals surface area (Å²) in [5.74, 6) is 0.337. The van der Waals surface area contributed by atoms with E-state index in [0.717, 1.165) is 38.5 Å². The van der Waals surface area contributed by atoms with E-state index in [1.807, 2.05) is 0 Å². The molecular weight excluding hydrogens is 350 g/mol. The third kappa shape index (κ3) is 3.16. The van der Waals surface area contributed by atoms with Gasteiger partial charge in [0.1, 0.15) is 0 Å². The molecule has 1 aromatic rings. The van der Waals surface area contributed by atoms with Gasteiger partial charge in [0, 0.05) is 24.5 Å². The van der Waals surface area contributed by atoms with Crippen molar-refractivity contribution < 1.29 is 14.7 Å². The summed E-state index contributed by atoms with van der Waals surface area (Å²) in [5, 5.41) is 19.1. The van der Waals surface area contributed by atoms with Gasteiger partial charge in [-0.15, -0.1) is 11.3 Å². The highest BCUT2D eigenvalue weighted by Gasteiger charge is 2.64. The highest BCUT2D eigenvalue weighted by Crippen LogP contribution is 2.67. The van der Waals surface area contributed by atoms with Crippen molar-refractivity contribution in [2.24, 2.45) is 16.7 Å². The molecular formula is C19H27N3O3S. The van der Waals surface area contributed by atoms with Gasteiger partial charge in [-0.3, -0.25) is 9.59 Å². The molecule has 7 heteroatoms. The van der Waals surface area contributed by atoms with Crippen LogP contribution in [-0.4, -0.2) is 34.1 Å². The Kier molecular flexibility index (Phi) is 4.34. The molecule has 4 aliphatic rings. The smallest absolute Gasteiger partial charge is 0.227 e. The molecule has 0 saturated heterocycles. The Morgan fingerprint density at radius 2 is 2.15 bits per heavy atom. The number of carbonyl (C=O) groups excluding carboxylic acids is 2. The van der Waals surface area contributed by atoms with Crippen molar-refractivity contribution in [1.29, 1.82) is 0 Å². The molecule has 0 unspecified atom stereocenters. The van der Waals surface area contributed by atoms with Gasteiger partial charge in [0.25, 0.3) is 0 Å². The van der Waals surface area contributed by atoms with Gasteiger partial charge in [0.2, 0.25) is 11.8 Å². The van der Waals surface area contributed by atoms with E-state index in [-0.39, 0.29) is 23.7 Å². The topological polar surface area (TPSA) is 91.3 Å². The summed E-state index contributed by atoms with van der Waals surface area (Å²) in [4.78, 5) is 29.0. The van der Waals surface area contributed by atoms with Gasteiger partial charge in [-0.2, -0.15) is 0 Å². The third-order valence-corrected chi connectivity index (χ3v) is 7.39. The lowest BCUT2D eigenvalue weighted by Gasteiger charge is -2.64. The van der Waals surface area contributed by atoms with Gasteiger partial charge >= 0.3 is 0 Å². The summed E-state index contributed by atoms with van der Waals surface area (Å²) in [6.07, 6.45) is 8.08. The lowest BCUT2D eigenvalue weighted by molar-refractivity contribution is -0.204. The molecule has 1 aromatic heterocycles. The predicted octanol–water partition coefficient (Wildman–Crippen LogP) is 2.70. The second kappa shape index (κ2) is 6.30. The maximum Gasteiger partial charge on any atom is 0.227 e. The minimum Gasteiger partial charge on any atom is -0.390 e. The average molecular weight is 378 g/mol. The number of nitrogens with zero attached hydrogens (tertiary/aromatic N) is 1. The van der Waals surface area contributed by atoms with E-state index in [1.54, 1.807) is 11.6 Å². The second-order valence-corrected chi connectivity index (χ2v) is 9.65. The zero-order valence-corrected chi connectivity index (χ0v) is 16.0. The SMILES string of the molecule is CC[C@@]12C[C@H]3C[C@@](O)(C1)C[C@](C(=O)NCCC(=O)Nc1nccs1)(C3)C2. The molecule has 142 valence electrons. The Bertz CT molecular complexity index is 709. The molecule has 3 N–H and O–H groups in total. The minimum absolute atomic E-state index is 0.0277. The fraction of sp³-hybridized carbons (Fsp3) is 0.737. The molecule has 4 saturated carbocycles. The molecule has 0 spiro atoms. The zero-order chi connectivity index (χ0) is 18.4. The summed E-state index contributed by atoms with van der Waals surface area (Å²) < 4.78 is 0. The van der Waals surface area contributed by atoms with Crippen LogP contribution in [0.4, 0.5) is 5.13 Å². The number of nitrogens with one attached hydrogen (secondary N) is 2. The van der Waals surface area contributed by atoms with E-state index in [4.69, 9.17) is 0 Å². The maximum absolute atomic E-state index is 13.0. The van der Waals surface area contributed by atoms with Crippen molar-refractivity contribution in [3.05, 3.63) is 11.6 Å². The lowest BCUT2D eigenvalue weighted by Crippen LogP contribution is -2.63. The molecule has 4 atom stereocenters.